The summed E-state index contributed by atoms with van der Waals surface area (Å²) in [5.41, 5.74) is 1.87. The normalized spacial score (nSPS) is 14.9. The number of carbonyl (C=O) groups excluding carboxylic acids is 1. The summed E-state index contributed by atoms with van der Waals surface area (Å²) in [6, 6.07) is 12.4. The van der Waals surface area contributed by atoms with Crippen LogP contribution in [0.3, 0.4) is 0 Å². The third kappa shape index (κ3) is 2.92. The lowest BCUT2D eigenvalue weighted by Gasteiger charge is -2.35. The van der Waals surface area contributed by atoms with Crippen LogP contribution in [0.1, 0.15) is 16.1 Å². The minimum Gasteiger partial charge on any atom is -0.448 e. The molecule has 1 fully saturated rings. The molecule has 1 aromatic heterocycles. The van der Waals surface area contributed by atoms with Gasteiger partial charge in [-0.05, 0) is 31.2 Å². The molecule has 2 heterocycles. The van der Waals surface area contributed by atoms with Gasteiger partial charge < -0.3 is 14.2 Å². The third-order valence-electron chi connectivity index (χ3n) is 4.85. The number of benzene rings is 2. The highest BCUT2D eigenvalue weighted by Crippen LogP contribution is 2.29. The van der Waals surface area contributed by atoms with E-state index in [9.17, 15) is 9.18 Å². The van der Waals surface area contributed by atoms with E-state index >= 15 is 0 Å². The Morgan fingerprint density at radius 2 is 1.85 bits per heavy atom. The molecular formula is C20H18ClFN2O2. The maximum absolute atomic E-state index is 13.9. The molecule has 2 aromatic carbocycles. The lowest BCUT2D eigenvalue weighted by Crippen LogP contribution is -2.48. The summed E-state index contributed by atoms with van der Waals surface area (Å²) in [7, 11) is 0. The number of furan rings is 1. The SMILES string of the molecule is Cc1c(C(=O)N2CCN(c3cccc(Cl)c3)CC2)oc2c(F)cccc12. The zero-order chi connectivity index (χ0) is 18.3. The van der Waals surface area contributed by atoms with E-state index in [4.69, 9.17) is 16.0 Å². The van der Waals surface area contributed by atoms with Crippen molar-refractivity contribution >= 4 is 34.2 Å². The van der Waals surface area contributed by atoms with Gasteiger partial charge in [0.1, 0.15) is 0 Å². The number of para-hydroxylation sites is 1. The number of anilines is 1. The zero-order valence-corrected chi connectivity index (χ0v) is 15.1. The first kappa shape index (κ1) is 16.9. The predicted octanol–water partition coefficient (Wildman–Crippen LogP) is 4.50. The van der Waals surface area contributed by atoms with Crippen LogP contribution in [0, 0.1) is 12.7 Å². The van der Waals surface area contributed by atoms with Crippen LogP contribution >= 0.6 is 11.6 Å². The van der Waals surface area contributed by atoms with Crippen LogP contribution in [0.5, 0.6) is 0 Å². The summed E-state index contributed by atoms with van der Waals surface area (Å²) in [4.78, 5) is 16.8. The number of aryl methyl sites for hydroxylation is 1. The fraction of sp³-hybridized carbons (Fsp3) is 0.250. The summed E-state index contributed by atoms with van der Waals surface area (Å²) in [6.07, 6.45) is 0. The highest BCUT2D eigenvalue weighted by Gasteiger charge is 2.27. The Labute approximate surface area is 155 Å². The summed E-state index contributed by atoms with van der Waals surface area (Å²) in [6.45, 7) is 4.36. The summed E-state index contributed by atoms with van der Waals surface area (Å²) in [5, 5.41) is 1.34. The Morgan fingerprint density at radius 3 is 2.54 bits per heavy atom. The van der Waals surface area contributed by atoms with Gasteiger partial charge in [0.15, 0.2) is 17.2 Å². The molecule has 26 heavy (non-hydrogen) atoms. The second kappa shape index (κ2) is 6.65. The molecule has 4 nitrogen and oxygen atoms in total. The molecule has 1 saturated heterocycles. The molecule has 3 aromatic rings. The fourth-order valence-electron chi connectivity index (χ4n) is 3.40. The second-order valence-electron chi connectivity index (χ2n) is 6.43. The van der Waals surface area contributed by atoms with Gasteiger partial charge in [0.05, 0.1) is 0 Å². The van der Waals surface area contributed by atoms with Crippen LogP contribution in [0.25, 0.3) is 11.0 Å². The van der Waals surface area contributed by atoms with Crippen molar-refractivity contribution in [2.75, 3.05) is 31.1 Å². The zero-order valence-electron chi connectivity index (χ0n) is 14.3. The number of carbonyl (C=O) groups is 1. The fourth-order valence-corrected chi connectivity index (χ4v) is 3.58. The van der Waals surface area contributed by atoms with Gasteiger partial charge in [-0.1, -0.05) is 29.8 Å². The molecule has 0 bridgehead atoms. The van der Waals surface area contributed by atoms with Crippen molar-refractivity contribution < 1.29 is 13.6 Å². The number of fused-ring (bicyclic) bond motifs is 1. The maximum atomic E-state index is 13.9. The number of piperazine rings is 1. The number of amides is 1. The molecule has 0 atom stereocenters. The van der Waals surface area contributed by atoms with Crippen molar-refractivity contribution in [1.82, 2.24) is 4.90 Å². The van der Waals surface area contributed by atoms with Gasteiger partial charge in [-0.15, -0.1) is 0 Å². The monoisotopic (exact) mass is 372 g/mol. The van der Waals surface area contributed by atoms with Gasteiger partial charge in [0.2, 0.25) is 0 Å². The Morgan fingerprint density at radius 1 is 1.12 bits per heavy atom. The van der Waals surface area contributed by atoms with Crippen molar-refractivity contribution in [2.24, 2.45) is 0 Å². The first-order valence-corrected chi connectivity index (χ1v) is 8.90. The number of rotatable bonds is 2. The molecule has 0 radical (unpaired) electrons. The van der Waals surface area contributed by atoms with E-state index in [1.54, 1.807) is 24.0 Å². The molecule has 0 saturated carbocycles. The van der Waals surface area contributed by atoms with E-state index in [-0.39, 0.29) is 17.3 Å². The number of hydrogen-bond acceptors (Lipinski definition) is 3. The lowest BCUT2D eigenvalue weighted by atomic mass is 10.1. The van der Waals surface area contributed by atoms with E-state index in [0.717, 1.165) is 5.69 Å². The van der Waals surface area contributed by atoms with Crippen LogP contribution in [0.4, 0.5) is 10.1 Å². The Hall–Kier alpha value is -2.53. The first-order chi connectivity index (χ1) is 12.5. The average molecular weight is 373 g/mol. The molecule has 1 aliphatic heterocycles. The maximum Gasteiger partial charge on any atom is 0.290 e. The molecule has 1 amide bonds. The highest BCUT2D eigenvalue weighted by molar-refractivity contribution is 6.30. The lowest BCUT2D eigenvalue weighted by molar-refractivity contribution is 0.0716. The summed E-state index contributed by atoms with van der Waals surface area (Å²) in [5.74, 6) is -0.416. The first-order valence-electron chi connectivity index (χ1n) is 8.52. The molecule has 1 aliphatic rings. The highest BCUT2D eigenvalue weighted by atomic mass is 35.5. The van der Waals surface area contributed by atoms with E-state index in [0.29, 0.717) is 42.2 Å². The Balaban J connectivity index is 1.52. The summed E-state index contributed by atoms with van der Waals surface area (Å²) >= 11 is 6.06. The largest absolute Gasteiger partial charge is 0.448 e. The van der Waals surface area contributed by atoms with Gasteiger partial charge >= 0.3 is 0 Å². The van der Waals surface area contributed by atoms with E-state index in [1.807, 2.05) is 24.3 Å². The second-order valence-corrected chi connectivity index (χ2v) is 6.87. The van der Waals surface area contributed by atoms with Gasteiger partial charge in [-0.3, -0.25) is 4.79 Å². The van der Waals surface area contributed by atoms with Crippen molar-refractivity contribution in [3.05, 3.63) is 64.6 Å². The number of nitrogens with zero attached hydrogens (tertiary/aromatic N) is 2. The molecule has 4 rings (SSSR count). The van der Waals surface area contributed by atoms with Gasteiger partial charge in [-0.25, -0.2) is 4.39 Å². The predicted molar refractivity (Wildman–Crippen MR) is 100 cm³/mol. The van der Waals surface area contributed by atoms with Crippen molar-refractivity contribution in [1.29, 1.82) is 0 Å². The van der Waals surface area contributed by atoms with Crippen molar-refractivity contribution in [2.45, 2.75) is 6.92 Å². The average Bonchev–Trinajstić information content (AvgIpc) is 3.00. The van der Waals surface area contributed by atoms with Crippen LogP contribution in [0.2, 0.25) is 5.02 Å². The van der Waals surface area contributed by atoms with Crippen molar-refractivity contribution in [3.8, 4) is 0 Å². The minimum atomic E-state index is -0.449. The number of halogens is 2. The molecule has 134 valence electrons. The van der Waals surface area contributed by atoms with E-state index in [2.05, 4.69) is 4.90 Å². The van der Waals surface area contributed by atoms with Gasteiger partial charge in [0.25, 0.3) is 5.91 Å². The van der Waals surface area contributed by atoms with E-state index < -0.39 is 5.82 Å². The Kier molecular flexibility index (Phi) is 4.32. The molecule has 6 heteroatoms. The third-order valence-corrected chi connectivity index (χ3v) is 5.09. The minimum absolute atomic E-state index is 0.144. The molecule has 0 unspecified atom stereocenters. The smallest absolute Gasteiger partial charge is 0.290 e. The summed E-state index contributed by atoms with van der Waals surface area (Å²) < 4.78 is 19.5. The van der Waals surface area contributed by atoms with Crippen LogP contribution in [-0.2, 0) is 0 Å². The van der Waals surface area contributed by atoms with Gasteiger partial charge in [-0.2, -0.15) is 0 Å². The van der Waals surface area contributed by atoms with Gasteiger partial charge in [0, 0.05) is 47.8 Å². The molecule has 0 aliphatic carbocycles. The number of hydrogen-bond donors (Lipinski definition) is 0. The Bertz CT molecular complexity index is 977. The topological polar surface area (TPSA) is 36.7 Å². The molecule has 0 N–H and O–H groups in total. The molecule has 0 spiro atoms. The van der Waals surface area contributed by atoms with Crippen LogP contribution in [0.15, 0.2) is 46.9 Å². The quantitative estimate of drug-likeness (QED) is 0.664. The van der Waals surface area contributed by atoms with Crippen LogP contribution < -0.4 is 4.90 Å². The van der Waals surface area contributed by atoms with Crippen molar-refractivity contribution in [3.63, 3.8) is 0 Å². The molecular weight excluding hydrogens is 355 g/mol. The standard InChI is InChI=1S/C20H18ClFN2O2/c1-13-16-6-3-7-17(22)19(16)26-18(13)20(25)24-10-8-23(9-11-24)15-5-2-4-14(21)12-15/h2-7,12H,8-11H2,1H3. The van der Waals surface area contributed by atoms with Crippen LogP contribution in [-0.4, -0.2) is 37.0 Å². The van der Waals surface area contributed by atoms with E-state index in [1.165, 1.54) is 6.07 Å².